The second-order valence-electron chi connectivity index (χ2n) is 14.5. The minimum atomic E-state index is -0.472. The average Bonchev–Trinajstić information content (AvgIpc) is 4.29. The monoisotopic (exact) mass is 1320 g/mol. The molecule has 0 aliphatic heterocycles. The van der Waals surface area contributed by atoms with Gasteiger partial charge in [0.05, 0.1) is 23.0 Å². The van der Waals surface area contributed by atoms with Gasteiger partial charge in [-0.2, -0.15) is 37.8 Å². The number of hydrogen-bond donors (Lipinski definition) is 0. The van der Waals surface area contributed by atoms with Crippen molar-refractivity contribution in [1.82, 2.24) is 39.1 Å². The quantitative estimate of drug-likeness (QED) is 0.126. The number of rotatable bonds is 10. The van der Waals surface area contributed by atoms with Crippen molar-refractivity contribution in [3.8, 4) is 28.8 Å². The Hall–Kier alpha value is -7.57. The fraction of sp³-hybridized carbons (Fsp3) is 0. The molecule has 0 atom stereocenters. The number of para-hydroxylation sites is 2. The molecule has 0 amide bonds. The van der Waals surface area contributed by atoms with Crippen LogP contribution in [0.3, 0.4) is 0 Å². The zero-order chi connectivity index (χ0) is 47.5. The Bertz CT molecular complexity index is 2890. The maximum Gasteiger partial charge on any atom is 2.00 e. The van der Waals surface area contributed by atoms with Crippen LogP contribution >= 0.6 is 18.8 Å². The predicted molar refractivity (Wildman–Crippen MR) is 271 cm³/mol. The van der Waals surface area contributed by atoms with Gasteiger partial charge in [0.1, 0.15) is 0 Å². The summed E-state index contributed by atoms with van der Waals surface area (Å²) in [6.07, 6.45) is 14.8. The predicted octanol–water partition coefficient (Wildman–Crippen LogP) is 13.6. The van der Waals surface area contributed by atoms with Gasteiger partial charge >= 0.3 is 56.4 Å². The number of benzene rings is 7. The second kappa shape index (κ2) is 26.3. The molecule has 15 heteroatoms. The van der Waals surface area contributed by atoms with E-state index >= 15 is 0 Å². The maximum absolute atomic E-state index is 8.29. The zero-order valence-corrected chi connectivity index (χ0v) is 43.0. The van der Waals surface area contributed by atoms with E-state index < -0.39 is 16.5 Å². The minimum absolute atomic E-state index is 0. The Labute approximate surface area is 437 Å². The molecule has 4 aromatic heterocycles. The normalized spacial score (nSPS) is 10.1. The SMILES string of the molecule is N#Cc1ccccc1.[Cl][Pt][Cl].[Pt+2].[c-]1c(N(c2[c-]c(-n3cccn3)ccc2)c2ccccc2)cccc1-n1cccn1.c1ccc(N(c2cccc(-n3cccn3)c2)c2cccc(-n3cccn3)c2)cc1. The molecule has 0 spiro atoms. The molecule has 0 bridgehead atoms. The molecule has 0 aliphatic rings. The molecular weight excluding hydrogens is 1280 g/mol. The average molecular weight is 1320 g/mol. The van der Waals surface area contributed by atoms with Crippen LogP contribution in [-0.4, -0.2) is 39.1 Å². The first-order valence-corrected chi connectivity index (χ1v) is 27.0. The van der Waals surface area contributed by atoms with Gasteiger partial charge in [0.25, 0.3) is 0 Å². The van der Waals surface area contributed by atoms with E-state index in [4.69, 9.17) is 24.1 Å². The first kappa shape index (κ1) is 50.3. The minimum Gasteiger partial charge on any atom is -0.358 e. The van der Waals surface area contributed by atoms with E-state index in [1.54, 1.807) is 46.3 Å². The summed E-state index contributed by atoms with van der Waals surface area (Å²) in [5.41, 5.74) is 10.5. The van der Waals surface area contributed by atoms with Crippen LogP contribution in [0, 0.1) is 23.5 Å². The number of nitriles is 1. The Kier molecular flexibility index (Phi) is 18.9. The molecule has 0 fully saturated rings. The summed E-state index contributed by atoms with van der Waals surface area (Å²) in [6, 6.07) is 75.1. The molecule has 350 valence electrons. The van der Waals surface area contributed by atoms with Crippen molar-refractivity contribution >= 4 is 53.0 Å². The summed E-state index contributed by atoms with van der Waals surface area (Å²) in [5.74, 6) is 0. The summed E-state index contributed by atoms with van der Waals surface area (Å²) in [5, 5.41) is 25.7. The fourth-order valence-electron chi connectivity index (χ4n) is 7.16. The van der Waals surface area contributed by atoms with E-state index in [9.17, 15) is 0 Å². The van der Waals surface area contributed by atoms with Crippen molar-refractivity contribution < 1.29 is 37.5 Å². The van der Waals surface area contributed by atoms with Crippen LogP contribution in [-0.2, 0) is 37.5 Å². The molecule has 70 heavy (non-hydrogen) atoms. The number of aromatic nitrogens is 8. The maximum atomic E-state index is 8.29. The van der Waals surface area contributed by atoms with Gasteiger partial charge in [-0.25, -0.2) is 9.36 Å². The van der Waals surface area contributed by atoms with E-state index in [1.165, 1.54) is 0 Å². The molecular formula is C55H41Cl2N11Pt2. The fourth-order valence-corrected chi connectivity index (χ4v) is 7.16. The van der Waals surface area contributed by atoms with Gasteiger partial charge in [-0.15, -0.1) is 36.4 Å². The first-order chi connectivity index (χ1) is 34.1. The third-order valence-electron chi connectivity index (χ3n) is 10.2. The van der Waals surface area contributed by atoms with Crippen molar-refractivity contribution in [2.75, 3.05) is 9.80 Å². The smallest absolute Gasteiger partial charge is 0.358 e. The van der Waals surface area contributed by atoms with Crippen LogP contribution in [0.2, 0.25) is 0 Å². The van der Waals surface area contributed by atoms with Gasteiger partial charge in [-0.3, -0.25) is 9.36 Å². The van der Waals surface area contributed by atoms with Crippen LogP contribution in [0.1, 0.15) is 5.56 Å². The van der Waals surface area contributed by atoms with Crippen LogP contribution in [0.5, 0.6) is 0 Å². The molecule has 0 saturated heterocycles. The summed E-state index contributed by atoms with van der Waals surface area (Å²) in [6.45, 7) is 0. The van der Waals surface area contributed by atoms with Gasteiger partial charge in [-0.1, -0.05) is 78.1 Å². The van der Waals surface area contributed by atoms with Gasteiger partial charge in [0.15, 0.2) is 0 Å². The molecule has 0 saturated carbocycles. The molecule has 0 N–H and O–H groups in total. The van der Waals surface area contributed by atoms with E-state index in [0.717, 1.165) is 56.9 Å². The number of anilines is 6. The van der Waals surface area contributed by atoms with Gasteiger partial charge in [0.2, 0.25) is 0 Å². The van der Waals surface area contributed by atoms with Gasteiger partial charge in [0, 0.05) is 72.3 Å². The van der Waals surface area contributed by atoms with E-state index in [-0.39, 0.29) is 21.1 Å². The number of hydrogen-bond acceptors (Lipinski definition) is 7. The molecule has 0 radical (unpaired) electrons. The summed E-state index contributed by atoms with van der Waals surface area (Å²) in [4.78, 5) is 4.36. The Morgan fingerprint density at radius 1 is 0.414 bits per heavy atom. The summed E-state index contributed by atoms with van der Waals surface area (Å²) in [7, 11) is 9.75. The Morgan fingerprint density at radius 2 is 0.771 bits per heavy atom. The summed E-state index contributed by atoms with van der Waals surface area (Å²) < 4.78 is 7.34. The van der Waals surface area contributed by atoms with Gasteiger partial charge < -0.3 is 9.80 Å². The first-order valence-electron chi connectivity index (χ1n) is 21.3. The Morgan fingerprint density at radius 3 is 1.14 bits per heavy atom. The Balaban J connectivity index is 0.000000168. The molecule has 0 aliphatic carbocycles. The van der Waals surface area contributed by atoms with Crippen molar-refractivity contribution in [3.05, 3.63) is 267 Å². The second-order valence-corrected chi connectivity index (χ2v) is 17.8. The third kappa shape index (κ3) is 13.4. The van der Waals surface area contributed by atoms with Gasteiger partial charge in [-0.05, 0) is 108 Å². The van der Waals surface area contributed by atoms with Crippen LogP contribution < -0.4 is 9.80 Å². The van der Waals surface area contributed by atoms with E-state index in [1.807, 2.05) is 143 Å². The molecule has 0 unspecified atom stereocenters. The molecule has 11 aromatic rings. The largest absolute Gasteiger partial charge is 2.00 e. The molecule has 11 nitrogen and oxygen atoms in total. The van der Waals surface area contributed by atoms with Crippen LogP contribution in [0.4, 0.5) is 34.1 Å². The topological polar surface area (TPSA) is 102 Å². The summed E-state index contributed by atoms with van der Waals surface area (Å²) >= 11 is -0.472. The van der Waals surface area contributed by atoms with Crippen LogP contribution in [0.15, 0.2) is 250 Å². The molecule has 7 aromatic carbocycles. The zero-order valence-electron chi connectivity index (χ0n) is 37.0. The van der Waals surface area contributed by atoms with Crippen molar-refractivity contribution in [2.24, 2.45) is 0 Å². The third-order valence-corrected chi connectivity index (χ3v) is 10.2. The van der Waals surface area contributed by atoms with E-state index in [0.29, 0.717) is 5.56 Å². The number of nitrogens with zero attached hydrogens (tertiary/aromatic N) is 11. The van der Waals surface area contributed by atoms with E-state index in [2.05, 4.69) is 127 Å². The van der Waals surface area contributed by atoms with Crippen molar-refractivity contribution in [1.29, 1.82) is 5.26 Å². The standard InChI is InChI=1S/C24H19N5.C24H17N5.C7H5N.2ClH.2Pt/c2*1-2-8-20(9-3-1)29(23-12-4-10-21(18-23)27-16-6-14-25-27)24-13-5-11-22(19-24)28-17-7-15-26-28;8-6-7-4-2-1-3-5-7;;;;/h1-19H;1-17H;1-5H;2*1H;;/q;-2;;;;2*+2/p-2. The van der Waals surface area contributed by atoms with Crippen LogP contribution in [0.25, 0.3) is 22.7 Å². The van der Waals surface area contributed by atoms with Crippen molar-refractivity contribution in [2.45, 2.75) is 0 Å². The number of halogens is 2. The molecule has 11 rings (SSSR count). The van der Waals surface area contributed by atoms with Crippen molar-refractivity contribution in [3.63, 3.8) is 0 Å². The molecule has 4 heterocycles.